The number of aliphatic hydroxyl groups excluding tert-OH is 1. The van der Waals surface area contributed by atoms with Gasteiger partial charge < -0.3 is 9.84 Å². The second kappa shape index (κ2) is 7.12. The number of hydrogen-bond acceptors (Lipinski definition) is 4. The van der Waals surface area contributed by atoms with Crippen molar-refractivity contribution in [1.82, 2.24) is 0 Å². The summed E-state index contributed by atoms with van der Waals surface area (Å²) in [6.45, 7) is 11.2. The number of fused-ring (bicyclic) bond motifs is 1. The van der Waals surface area contributed by atoms with Gasteiger partial charge in [-0.2, -0.15) is 0 Å². The number of Topliss-reactive ketones (excluding diaryl/α,β-unsaturated/α-hetero) is 2. The average molecular weight is 344 g/mol. The molecule has 0 bridgehead atoms. The Morgan fingerprint density at radius 3 is 2.56 bits per heavy atom. The van der Waals surface area contributed by atoms with Crippen molar-refractivity contribution < 1.29 is 19.4 Å². The predicted octanol–water partition coefficient (Wildman–Crippen LogP) is 4.27. The van der Waals surface area contributed by atoms with Gasteiger partial charge in [0.25, 0.3) is 0 Å². The van der Waals surface area contributed by atoms with E-state index in [4.69, 9.17) is 4.74 Å². The molecule has 0 radical (unpaired) electrons. The zero-order chi connectivity index (χ0) is 18.9. The molecule has 3 atom stereocenters. The molecule has 1 aromatic carbocycles. The van der Waals surface area contributed by atoms with Crippen LogP contribution in [0, 0.1) is 12.8 Å². The minimum atomic E-state index is -1.15. The number of hydrogen-bond donors (Lipinski definition) is 1. The number of rotatable bonds is 6. The van der Waals surface area contributed by atoms with E-state index < -0.39 is 11.7 Å². The molecule has 1 N–H and O–H groups in total. The molecule has 4 heteroatoms. The molecule has 0 amide bonds. The van der Waals surface area contributed by atoms with E-state index >= 15 is 0 Å². The molecule has 0 aliphatic carbocycles. The summed E-state index contributed by atoms with van der Waals surface area (Å²) < 4.78 is 5.99. The second-order valence-electron chi connectivity index (χ2n) is 7.20. The summed E-state index contributed by atoms with van der Waals surface area (Å²) in [6.07, 6.45) is 2.34. The van der Waals surface area contributed by atoms with Gasteiger partial charge in [-0.25, -0.2) is 0 Å². The molecular weight excluding hydrogens is 316 g/mol. The van der Waals surface area contributed by atoms with Crippen LogP contribution >= 0.6 is 0 Å². The van der Waals surface area contributed by atoms with Gasteiger partial charge in [0.05, 0.1) is 11.7 Å². The Kier molecular flexibility index (Phi) is 5.52. The first kappa shape index (κ1) is 19.4. The fourth-order valence-corrected chi connectivity index (χ4v) is 3.26. The summed E-state index contributed by atoms with van der Waals surface area (Å²) in [5.41, 5.74) is 1.33. The normalized spacial score (nSPS) is 22.4. The maximum atomic E-state index is 13.0. The van der Waals surface area contributed by atoms with Crippen LogP contribution in [-0.4, -0.2) is 28.4 Å². The molecule has 0 aromatic heterocycles. The van der Waals surface area contributed by atoms with Crippen molar-refractivity contribution >= 4 is 11.6 Å². The van der Waals surface area contributed by atoms with Crippen LogP contribution in [0.1, 0.15) is 73.7 Å². The van der Waals surface area contributed by atoms with Crippen LogP contribution in [0.15, 0.2) is 23.8 Å². The molecule has 2 rings (SSSR count). The Morgan fingerprint density at radius 1 is 1.36 bits per heavy atom. The highest BCUT2D eigenvalue weighted by molar-refractivity contribution is 6.10. The van der Waals surface area contributed by atoms with Crippen LogP contribution in [0.2, 0.25) is 0 Å². The van der Waals surface area contributed by atoms with E-state index in [0.717, 1.165) is 17.6 Å². The Morgan fingerprint density at radius 2 is 2.00 bits per heavy atom. The van der Waals surface area contributed by atoms with Crippen LogP contribution < -0.4 is 4.74 Å². The lowest BCUT2D eigenvalue weighted by Crippen LogP contribution is -2.35. The summed E-state index contributed by atoms with van der Waals surface area (Å²) in [5.74, 6) is 0.467. The molecule has 25 heavy (non-hydrogen) atoms. The van der Waals surface area contributed by atoms with Crippen LogP contribution in [0.5, 0.6) is 5.75 Å². The molecule has 136 valence electrons. The maximum Gasteiger partial charge on any atom is 0.213 e. The Balaban J connectivity index is 2.42. The van der Waals surface area contributed by atoms with E-state index in [0.29, 0.717) is 23.3 Å². The number of carbonyl (C=O) groups excluding carboxylic acids is 2. The number of aliphatic hydroxyl groups is 1. The van der Waals surface area contributed by atoms with Crippen molar-refractivity contribution in [3.8, 4) is 5.75 Å². The summed E-state index contributed by atoms with van der Waals surface area (Å²) >= 11 is 0. The molecule has 0 spiro atoms. The Hall–Kier alpha value is -1.94. The van der Waals surface area contributed by atoms with Gasteiger partial charge in [0.1, 0.15) is 5.75 Å². The van der Waals surface area contributed by atoms with Gasteiger partial charge in [0, 0.05) is 12.0 Å². The predicted molar refractivity (Wildman–Crippen MR) is 98.4 cm³/mol. The topological polar surface area (TPSA) is 63.6 Å². The fourth-order valence-electron chi connectivity index (χ4n) is 3.26. The molecule has 1 aliphatic heterocycles. The number of carbonyl (C=O) groups is 2. The summed E-state index contributed by atoms with van der Waals surface area (Å²) in [5, 5.41) is 10.4. The third kappa shape index (κ3) is 3.54. The van der Waals surface area contributed by atoms with Gasteiger partial charge in [0.15, 0.2) is 11.4 Å². The van der Waals surface area contributed by atoms with Gasteiger partial charge in [-0.1, -0.05) is 27.2 Å². The zero-order valence-corrected chi connectivity index (χ0v) is 16.0. The second-order valence-corrected chi connectivity index (χ2v) is 7.20. The summed E-state index contributed by atoms with van der Waals surface area (Å²) in [4.78, 5) is 25.0. The van der Waals surface area contributed by atoms with Gasteiger partial charge in [-0.3, -0.25) is 9.59 Å². The highest BCUT2D eigenvalue weighted by Gasteiger charge is 2.43. The Labute approximate surface area is 149 Å². The molecule has 1 heterocycles. The van der Waals surface area contributed by atoms with Crippen LogP contribution in [0.4, 0.5) is 0 Å². The minimum Gasteiger partial charge on any atom is -0.474 e. The van der Waals surface area contributed by atoms with Gasteiger partial charge in [-0.05, 0) is 56.0 Å². The lowest BCUT2D eigenvalue weighted by atomic mass is 9.89. The van der Waals surface area contributed by atoms with E-state index in [-0.39, 0.29) is 17.5 Å². The first-order chi connectivity index (χ1) is 11.6. The maximum absolute atomic E-state index is 13.0. The van der Waals surface area contributed by atoms with Crippen LogP contribution in [-0.2, 0) is 0 Å². The number of aryl methyl sites for hydroxylation is 1. The van der Waals surface area contributed by atoms with Crippen LogP contribution in [0.3, 0.4) is 0 Å². The average Bonchev–Trinajstić information content (AvgIpc) is 2.84. The highest BCUT2D eigenvalue weighted by Crippen LogP contribution is 2.40. The SMILES string of the molecule is CCC(=O)c1cc(C)c2c(c1)C(=O)C(C)(/C=C(\C)[C@H](O)[C@@H](C)CC)O2. The first-order valence-corrected chi connectivity index (χ1v) is 8.93. The molecule has 0 saturated carbocycles. The molecule has 1 aliphatic rings. The standard InChI is InChI=1S/C21H28O4/c1-7-12(3)18(23)14(5)11-21(6)20(24)16-10-15(17(22)8-2)9-13(4)19(16)25-21/h9-12,18,23H,7-8H2,1-6H3/b14-11+/t12-,18+,21?/m0/s1. The molecule has 1 aromatic rings. The van der Waals surface area contributed by atoms with Crippen LogP contribution in [0.25, 0.3) is 0 Å². The van der Waals surface area contributed by atoms with E-state index in [2.05, 4.69) is 0 Å². The van der Waals surface area contributed by atoms with Gasteiger partial charge >= 0.3 is 0 Å². The molecule has 1 unspecified atom stereocenters. The molecule has 0 fully saturated rings. The molecular formula is C21H28O4. The lowest BCUT2D eigenvalue weighted by Gasteiger charge is -2.23. The number of ketones is 2. The fraction of sp³-hybridized carbons (Fsp3) is 0.524. The van der Waals surface area contributed by atoms with Crippen molar-refractivity contribution in [2.75, 3.05) is 0 Å². The molecule has 0 saturated heterocycles. The quantitative estimate of drug-likeness (QED) is 0.618. The van der Waals surface area contributed by atoms with Crippen molar-refractivity contribution in [3.63, 3.8) is 0 Å². The third-order valence-electron chi connectivity index (χ3n) is 5.08. The van der Waals surface area contributed by atoms with Crippen molar-refractivity contribution in [2.24, 2.45) is 5.92 Å². The molecule has 4 nitrogen and oxygen atoms in total. The minimum absolute atomic E-state index is 0.00576. The zero-order valence-electron chi connectivity index (χ0n) is 16.0. The van der Waals surface area contributed by atoms with Gasteiger partial charge in [0.2, 0.25) is 5.78 Å². The summed E-state index contributed by atoms with van der Waals surface area (Å²) in [6, 6.07) is 3.41. The lowest BCUT2D eigenvalue weighted by molar-refractivity contribution is 0.0744. The van der Waals surface area contributed by atoms with E-state index in [1.54, 1.807) is 32.1 Å². The number of benzene rings is 1. The van der Waals surface area contributed by atoms with Crippen molar-refractivity contribution in [3.05, 3.63) is 40.5 Å². The largest absolute Gasteiger partial charge is 0.474 e. The monoisotopic (exact) mass is 344 g/mol. The van der Waals surface area contributed by atoms with Crippen molar-refractivity contribution in [2.45, 2.75) is 66.1 Å². The number of ether oxygens (including phenoxy) is 1. The smallest absolute Gasteiger partial charge is 0.213 e. The van der Waals surface area contributed by atoms with Crippen molar-refractivity contribution in [1.29, 1.82) is 0 Å². The Bertz CT molecular complexity index is 732. The van der Waals surface area contributed by atoms with E-state index in [9.17, 15) is 14.7 Å². The van der Waals surface area contributed by atoms with E-state index in [1.165, 1.54) is 0 Å². The van der Waals surface area contributed by atoms with E-state index in [1.807, 2.05) is 27.7 Å². The highest BCUT2D eigenvalue weighted by atomic mass is 16.5. The first-order valence-electron chi connectivity index (χ1n) is 8.93. The summed E-state index contributed by atoms with van der Waals surface area (Å²) in [7, 11) is 0. The van der Waals surface area contributed by atoms with Gasteiger partial charge in [-0.15, -0.1) is 0 Å². The third-order valence-corrected chi connectivity index (χ3v) is 5.08.